The van der Waals surface area contributed by atoms with Gasteiger partial charge < -0.3 is 29.3 Å². The number of amides is 1. The summed E-state index contributed by atoms with van der Waals surface area (Å²) in [6, 6.07) is 14.6. The van der Waals surface area contributed by atoms with Crippen LogP contribution in [0.3, 0.4) is 0 Å². The maximum Gasteiger partial charge on any atom is 0.407 e. The molecule has 10 heteroatoms. The zero-order valence-electron chi connectivity index (χ0n) is 20.5. The fourth-order valence-electron chi connectivity index (χ4n) is 4.66. The number of rotatable bonds is 7. The molecule has 1 saturated heterocycles. The van der Waals surface area contributed by atoms with Crippen molar-refractivity contribution in [1.29, 1.82) is 0 Å². The standard InChI is InChI=1S/C27H27ClN4O5/c1-30(2)7-8-37-25-26(34)32(15-16-13-31(14-16)27(35)36)24-12-22(28)21(11-23(24)29-25)20-10-18(33)9-17-5-3-4-6-19(17)20/h3-6,9-12,16,33H,7-8,13-15H2,1-2H3,(H,35,36). The summed E-state index contributed by atoms with van der Waals surface area (Å²) in [6.07, 6.45) is -0.970. The number of benzene rings is 3. The minimum absolute atomic E-state index is 0.0116. The van der Waals surface area contributed by atoms with Crippen LogP contribution in [0.25, 0.3) is 32.9 Å². The van der Waals surface area contributed by atoms with E-state index in [9.17, 15) is 19.8 Å². The van der Waals surface area contributed by atoms with Gasteiger partial charge in [-0.15, -0.1) is 0 Å². The molecule has 9 nitrogen and oxygen atoms in total. The molecule has 0 radical (unpaired) electrons. The van der Waals surface area contributed by atoms with Gasteiger partial charge in [0, 0.05) is 37.7 Å². The molecule has 0 unspecified atom stereocenters. The van der Waals surface area contributed by atoms with Crippen LogP contribution in [0.5, 0.6) is 11.6 Å². The van der Waals surface area contributed by atoms with E-state index in [-0.39, 0.29) is 29.7 Å². The summed E-state index contributed by atoms with van der Waals surface area (Å²) >= 11 is 6.77. The van der Waals surface area contributed by atoms with Gasteiger partial charge in [0.15, 0.2) is 0 Å². The molecule has 0 atom stereocenters. The zero-order valence-corrected chi connectivity index (χ0v) is 21.3. The number of phenols is 1. The van der Waals surface area contributed by atoms with Crippen LogP contribution in [-0.2, 0) is 6.54 Å². The van der Waals surface area contributed by atoms with Gasteiger partial charge in [-0.05, 0) is 54.7 Å². The molecular formula is C27H27ClN4O5. The fraction of sp³-hybridized carbons (Fsp3) is 0.296. The Kier molecular flexibility index (Phi) is 6.66. The second-order valence-corrected chi connectivity index (χ2v) is 9.98. The molecule has 2 N–H and O–H groups in total. The SMILES string of the molecule is CN(C)CCOc1nc2cc(-c3cc(O)cc4ccccc34)c(Cl)cc2n(CC2CN(C(=O)O)C2)c1=O. The summed E-state index contributed by atoms with van der Waals surface area (Å²) < 4.78 is 7.37. The summed E-state index contributed by atoms with van der Waals surface area (Å²) in [5.41, 5.74) is 2.08. The summed E-state index contributed by atoms with van der Waals surface area (Å²) in [4.78, 5) is 32.4. The van der Waals surface area contributed by atoms with Crippen LogP contribution in [0.1, 0.15) is 0 Å². The first-order chi connectivity index (χ1) is 17.7. The lowest BCUT2D eigenvalue weighted by Gasteiger charge is -2.37. The Morgan fingerprint density at radius 1 is 1.16 bits per heavy atom. The van der Waals surface area contributed by atoms with Crippen LogP contribution in [0.2, 0.25) is 5.02 Å². The van der Waals surface area contributed by atoms with Gasteiger partial charge in [-0.1, -0.05) is 35.9 Å². The number of nitrogens with zero attached hydrogens (tertiary/aromatic N) is 4. The summed E-state index contributed by atoms with van der Waals surface area (Å²) in [6.45, 7) is 1.91. The number of aromatic nitrogens is 2. The maximum atomic E-state index is 13.4. The second-order valence-electron chi connectivity index (χ2n) is 9.57. The number of ether oxygens (including phenoxy) is 1. The van der Waals surface area contributed by atoms with E-state index in [2.05, 4.69) is 4.98 Å². The Morgan fingerprint density at radius 2 is 1.92 bits per heavy atom. The van der Waals surface area contributed by atoms with Gasteiger partial charge in [0.25, 0.3) is 5.88 Å². The molecule has 0 aliphatic carbocycles. The van der Waals surface area contributed by atoms with E-state index < -0.39 is 6.09 Å². The number of carbonyl (C=O) groups is 1. The Labute approximate surface area is 218 Å². The Balaban J connectivity index is 1.63. The molecule has 4 aromatic rings. The average Bonchev–Trinajstić information content (AvgIpc) is 2.81. The minimum Gasteiger partial charge on any atom is -0.508 e. The molecule has 37 heavy (non-hydrogen) atoms. The van der Waals surface area contributed by atoms with Crippen molar-refractivity contribution >= 4 is 39.5 Å². The molecule has 192 valence electrons. The maximum absolute atomic E-state index is 13.4. The third-order valence-electron chi connectivity index (χ3n) is 6.59. The Bertz CT molecular complexity index is 1560. The second kappa shape index (κ2) is 9.91. The van der Waals surface area contributed by atoms with E-state index in [1.807, 2.05) is 43.3 Å². The van der Waals surface area contributed by atoms with Crippen LogP contribution in [0.4, 0.5) is 4.79 Å². The molecule has 0 saturated carbocycles. The minimum atomic E-state index is -0.970. The number of halogens is 1. The molecule has 3 aromatic carbocycles. The molecule has 5 rings (SSSR count). The number of hydrogen-bond acceptors (Lipinski definition) is 6. The van der Waals surface area contributed by atoms with Crippen molar-refractivity contribution in [1.82, 2.24) is 19.4 Å². The molecular weight excluding hydrogens is 496 g/mol. The number of hydrogen-bond donors (Lipinski definition) is 2. The van der Waals surface area contributed by atoms with E-state index in [0.717, 1.165) is 16.3 Å². The van der Waals surface area contributed by atoms with Crippen molar-refractivity contribution in [3.63, 3.8) is 0 Å². The van der Waals surface area contributed by atoms with Gasteiger partial charge in [-0.3, -0.25) is 4.79 Å². The third-order valence-corrected chi connectivity index (χ3v) is 6.90. The quantitative estimate of drug-likeness (QED) is 0.376. The first-order valence-corrected chi connectivity index (χ1v) is 12.3. The predicted octanol–water partition coefficient (Wildman–Crippen LogP) is 4.13. The highest BCUT2D eigenvalue weighted by atomic mass is 35.5. The summed E-state index contributed by atoms with van der Waals surface area (Å²) in [5, 5.41) is 21.7. The number of fused-ring (bicyclic) bond motifs is 2. The van der Waals surface area contributed by atoms with Crippen molar-refractivity contribution in [2.75, 3.05) is 40.3 Å². The number of likely N-dealkylation sites (N-methyl/N-ethyl adjacent to an activating group) is 1. The first kappa shape index (κ1) is 24.9. The monoisotopic (exact) mass is 522 g/mol. The van der Waals surface area contributed by atoms with Gasteiger partial charge in [-0.2, -0.15) is 0 Å². The first-order valence-electron chi connectivity index (χ1n) is 11.9. The lowest BCUT2D eigenvalue weighted by molar-refractivity contribution is 0.0747. The van der Waals surface area contributed by atoms with E-state index in [4.69, 9.17) is 16.3 Å². The molecule has 1 aliphatic rings. The van der Waals surface area contributed by atoms with Gasteiger partial charge >= 0.3 is 11.7 Å². The molecule has 1 aliphatic heterocycles. The van der Waals surface area contributed by atoms with Crippen LogP contribution in [-0.4, -0.2) is 76.0 Å². The van der Waals surface area contributed by atoms with Crippen LogP contribution >= 0.6 is 11.6 Å². The molecule has 1 amide bonds. The third kappa shape index (κ3) is 4.92. The van der Waals surface area contributed by atoms with Crippen molar-refractivity contribution in [3.05, 3.63) is 63.9 Å². The number of likely N-dealkylation sites (tertiary alicyclic amines) is 1. The van der Waals surface area contributed by atoms with Gasteiger partial charge in [0.2, 0.25) is 0 Å². The lowest BCUT2D eigenvalue weighted by atomic mass is 9.97. The van der Waals surface area contributed by atoms with Crippen molar-refractivity contribution in [3.8, 4) is 22.8 Å². The highest BCUT2D eigenvalue weighted by Gasteiger charge is 2.31. The van der Waals surface area contributed by atoms with E-state index in [0.29, 0.717) is 47.8 Å². The fourth-order valence-corrected chi connectivity index (χ4v) is 4.92. The van der Waals surface area contributed by atoms with Gasteiger partial charge in [0.05, 0.1) is 16.1 Å². The predicted molar refractivity (Wildman–Crippen MR) is 143 cm³/mol. The highest BCUT2D eigenvalue weighted by Crippen LogP contribution is 2.38. The molecule has 0 spiro atoms. The number of phenolic OH excluding ortho intramolecular Hbond substituents is 1. The molecule has 0 bridgehead atoms. The van der Waals surface area contributed by atoms with E-state index in [1.165, 1.54) is 4.90 Å². The Hall–Kier alpha value is -3.82. The van der Waals surface area contributed by atoms with Crippen LogP contribution < -0.4 is 10.3 Å². The summed E-state index contributed by atoms with van der Waals surface area (Å²) in [5.74, 6) is 0.0868. The average molecular weight is 523 g/mol. The van der Waals surface area contributed by atoms with Crippen molar-refractivity contribution < 1.29 is 19.7 Å². The smallest absolute Gasteiger partial charge is 0.407 e. The molecule has 1 fully saturated rings. The van der Waals surface area contributed by atoms with Crippen LogP contribution in [0.15, 0.2) is 53.3 Å². The van der Waals surface area contributed by atoms with Crippen molar-refractivity contribution in [2.24, 2.45) is 5.92 Å². The van der Waals surface area contributed by atoms with Gasteiger partial charge in [0.1, 0.15) is 12.4 Å². The number of carboxylic acid groups (broad SMARTS) is 1. The lowest BCUT2D eigenvalue weighted by Crippen LogP contribution is -2.51. The zero-order chi connectivity index (χ0) is 26.3. The Morgan fingerprint density at radius 3 is 2.65 bits per heavy atom. The van der Waals surface area contributed by atoms with Gasteiger partial charge in [-0.25, -0.2) is 9.78 Å². The number of aromatic hydroxyl groups is 1. The normalized spacial score (nSPS) is 13.9. The van der Waals surface area contributed by atoms with E-state index in [1.54, 1.807) is 28.8 Å². The van der Waals surface area contributed by atoms with Crippen LogP contribution in [0, 0.1) is 5.92 Å². The topological polar surface area (TPSA) is 108 Å². The largest absolute Gasteiger partial charge is 0.508 e. The van der Waals surface area contributed by atoms with Crippen molar-refractivity contribution in [2.45, 2.75) is 6.54 Å². The molecule has 2 heterocycles. The molecule has 1 aromatic heterocycles. The van der Waals surface area contributed by atoms with E-state index >= 15 is 0 Å². The highest BCUT2D eigenvalue weighted by molar-refractivity contribution is 6.34. The summed E-state index contributed by atoms with van der Waals surface area (Å²) in [7, 11) is 3.82.